The molecule has 0 bridgehead atoms. The SMILES string of the molecule is CS(=O)(=O)Cc1ccc(C(=O)Oc2cc(Cl)c(Cl)cc2Cl)cc1. The van der Waals surface area contributed by atoms with E-state index in [0.29, 0.717) is 5.56 Å². The van der Waals surface area contributed by atoms with Crippen LogP contribution in [0.25, 0.3) is 0 Å². The summed E-state index contributed by atoms with van der Waals surface area (Å²) in [5, 5.41) is 0.616. The minimum absolute atomic E-state index is 0.0891. The molecule has 0 atom stereocenters. The Bertz CT molecular complexity index is 846. The highest BCUT2D eigenvalue weighted by Crippen LogP contribution is 2.34. The van der Waals surface area contributed by atoms with Crippen LogP contribution in [0.3, 0.4) is 0 Å². The van der Waals surface area contributed by atoms with Gasteiger partial charge in [0.2, 0.25) is 0 Å². The van der Waals surface area contributed by atoms with Crippen LogP contribution in [0, 0.1) is 0 Å². The monoisotopic (exact) mass is 392 g/mol. The Morgan fingerprint density at radius 1 is 1.00 bits per heavy atom. The van der Waals surface area contributed by atoms with Gasteiger partial charge in [-0.3, -0.25) is 0 Å². The zero-order valence-corrected chi connectivity index (χ0v) is 14.9. The zero-order chi connectivity index (χ0) is 17.2. The van der Waals surface area contributed by atoms with Gasteiger partial charge in [-0.1, -0.05) is 46.9 Å². The van der Waals surface area contributed by atoms with Crippen molar-refractivity contribution in [2.45, 2.75) is 5.75 Å². The van der Waals surface area contributed by atoms with E-state index in [0.717, 1.165) is 6.26 Å². The predicted molar refractivity (Wildman–Crippen MR) is 91.4 cm³/mol. The van der Waals surface area contributed by atoms with Crippen molar-refractivity contribution in [3.8, 4) is 5.75 Å². The van der Waals surface area contributed by atoms with E-state index in [9.17, 15) is 13.2 Å². The average Bonchev–Trinajstić information content (AvgIpc) is 2.43. The highest BCUT2D eigenvalue weighted by atomic mass is 35.5. The molecular formula is C15H11Cl3O4S. The van der Waals surface area contributed by atoms with Gasteiger partial charge in [0.05, 0.1) is 26.4 Å². The van der Waals surface area contributed by atoms with Gasteiger partial charge in [0.15, 0.2) is 15.6 Å². The minimum Gasteiger partial charge on any atom is -0.421 e. The standard InChI is InChI=1S/C15H11Cl3O4S/c1-23(20,21)8-9-2-4-10(5-3-9)15(19)22-14-7-12(17)11(16)6-13(14)18/h2-7H,8H2,1H3. The third kappa shape index (κ3) is 5.11. The van der Waals surface area contributed by atoms with Gasteiger partial charge in [-0.05, 0) is 23.8 Å². The van der Waals surface area contributed by atoms with Crippen LogP contribution in [-0.4, -0.2) is 20.6 Å². The first-order chi connectivity index (χ1) is 10.7. The summed E-state index contributed by atoms with van der Waals surface area (Å²) < 4.78 is 27.6. The number of halogens is 3. The Morgan fingerprint density at radius 3 is 2.13 bits per heavy atom. The van der Waals surface area contributed by atoms with Crippen molar-refractivity contribution in [3.63, 3.8) is 0 Å². The van der Waals surface area contributed by atoms with Crippen LogP contribution >= 0.6 is 34.8 Å². The average molecular weight is 394 g/mol. The highest BCUT2D eigenvalue weighted by molar-refractivity contribution is 7.89. The second kappa shape index (κ2) is 7.09. The second-order valence-electron chi connectivity index (χ2n) is 4.85. The fraction of sp³-hybridized carbons (Fsp3) is 0.133. The Labute approximate surface area is 148 Å². The second-order valence-corrected chi connectivity index (χ2v) is 8.22. The lowest BCUT2D eigenvalue weighted by atomic mass is 10.1. The minimum atomic E-state index is -3.13. The molecule has 0 saturated carbocycles. The van der Waals surface area contributed by atoms with E-state index in [-0.39, 0.29) is 32.1 Å². The zero-order valence-electron chi connectivity index (χ0n) is 11.8. The van der Waals surface area contributed by atoms with Gasteiger partial charge >= 0.3 is 5.97 Å². The normalized spacial score (nSPS) is 11.3. The molecule has 0 aromatic heterocycles. The van der Waals surface area contributed by atoms with E-state index in [1.807, 2.05) is 0 Å². The quantitative estimate of drug-likeness (QED) is 0.438. The Morgan fingerprint density at radius 2 is 1.57 bits per heavy atom. The van der Waals surface area contributed by atoms with Crippen LogP contribution in [0.2, 0.25) is 15.1 Å². The molecule has 0 aliphatic rings. The molecular weight excluding hydrogens is 383 g/mol. The maximum Gasteiger partial charge on any atom is 0.343 e. The maximum atomic E-state index is 12.1. The topological polar surface area (TPSA) is 60.4 Å². The molecule has 0 N–H and O–H groups in total. The van der Waals surface area contributed by atoms with Crippen molar-refractivity contribution in [1.82, 2.24) is 0 Å². The molecule has 0 aliphatic heterocycles. The van der Waals surface area contributed by atoms with Crippen LogP contribution < -0.4 is 4.74 Å². The fourth-order valence-electron chi connectivity index (χ4n) is 1.78. The van der Waals surface area contributed by atoms with Gasteiger partial charge in [0.25, 0.3) is 0 Å². The first-order valence-corrected chi connectivity index (χ1v) is 9.48. The Hall–Kier alpha value is -1.27. The lowest BCUT2D eigenvalue weighted by Gasteiger charge is -2.08. The van der Waals surface area contributed by atoms with Crippen molar-refractivity contribution in [1.29, 1.82) is 0 Å². The van der Waals surface area contributed by atoms with Crippen LogP contribution in [0.15, 0.2) is 36.4 Å². The largest absolute Gasteiger partial charge is 0.421 e. The number of rotatable bonds is 4. The summed E-state index contributed by atoms with van der Waals surface area (Å²) in [7, 11) is -3.13. The molecule has 122 valence electrons. The number of esters is 1. The number of sulfone groups is 1. The molecule has 2 rings (SSSR count). The smallest absolute Gasteiger partial charge is 0.343 e. The van der Waals surface area contributed by atoms with Crippen LogP contribution in [-0.2, 0) is 15.6 Å². The van der Waals surface area contributed by atoms with Gasteiger partial charge in [0, 0.05) is 12.3 Å². The van der Waals surface area contributed by atoms with Crippen LogP contribution in [0.4, 0.5) is 0 Å². The molecule has 0 unspecified atom stereocenters. The number of hydrogen-bond acceptors (Lipinski definition) is 4. The Balaban J connectivity index is 2.17. The summed E-state index contributed by atoms with van der Waals surface area (Å²) in [6, 6.07) is 8.79. The maximum absolute atomic E-state index is 12.1. The van der Waals surface area contributed by atoms with Gasteiger partial charge in [-0.25, -0.2) is 13.2 Å². The van der Waals surface area contributed by atoms with Gasteiger partial charge in [-0.15, -0.1) is 0 Å². The molecule has 0 radical (unpaired) electrons. The number of benzene rings is 2. The third-order valence-corrected chi connectivity index (χ3v) is 4.67. The molecule has 0 spiro atoms. The first kappa shape index (κ1) is 18.1. The summed E-state index contributed by atoms with van der Waals surface area (Å²) in [6.45, 7) is 0. The van der Waals surface area contributed by atoms with E-state index < -0.39 is 15.8 Å². The van der Waals surface area contributed by atoms with E-state index >= 15 is 0 Å². The Kier molecular flexibility index (Phi) is 5.57. The highest BCUT2D eigenvalue weighted by Gasteiger charge is 2.14. The van der Waals surface area contributed by atoms with Crippen molar-refractivity contribution >= 4 is 50.6 Å². The summed E-state index contributed by atoms with van der Waals surface area (Å²) >= 11 is 17.6. The summed E-state index contributed by atoms with van der Waals surface area (Å²) in [4.78, 5) is 12.1. The number of ether oxygens (including phenoxy) is 1. The van der Waals surface area contributed by atoms with Gasteiger partial charge in [0.1, 0.15) is 0 Å². The molecule has 0 fully saturated rings. The molecule has 8 heteroatoms. The molecule has 23 heavy (non-hydrogen) atoms. The summed E-state index contributed by atoms with van der Waals surface area (Å²) in [5.74, 6) is -0.650. The first-order valence-electron chi connectivity index (χ1n) is 6.29. The lowest BCUT2D eigenvalue weighted by Crippen LogP contribution is -2.09. The number of carbonyl (C=O) groups is 1. The molecule has 2 aromatic carbocycles. The number of carbonyl (C=O) groups excluding carboxylic acids is 1. The van der Waals surface area contributed by atoms with E-state index in [1.165, 1.54) is 24.3 Å². The van der Waals surface area contributed by atoms with Crippen LogP contribution in [0.5, 0.6) is 5.75 Å². The molecule has 0 saturated heterocycles. The summed E-state index contributed by atoms with van der Waals surface area (Å²) in [5.41, 5.74) is 0.834. The van der Waals surface area contributed by atoms with Crippen molar-refractivity contribution < 1.29 is 17.9 Å². The van der Waals surface area contributed by atoms with Crippen molar-refractivity contribution in [2.75, 3.05) is 6.26 Å². The lowest BCUT2D eigenvalue weighted by molar-refractivity contribution is 0.0735. The van der Waals surface area contributed by atoms with E-state index in [4.69, 9.17) is 39.5 Å². The fourth-order valence-corrected chi connectivity index (χ4v) is 3.15. The number of hydrogen-bond donors (Lipinski definition) is 0. The molecule has 0 heterocycles. The third-order valence-electron chi connectivity index (χ3n) is 2.80. The van der Waals surface area contributed by atoms with E-state index in [2.05, 4.69) is 0 Å². The molecule has 4 nitrogen and oxygen atoms in total. The van der Waals surface area contributed by atoms with Gasteiger partial charge < -0.3 is 4.74 Å². The molecule has 0 amide bonds. The van der Waals surface area contributed by atoms with Gasteiger partial charge in [-0.2, -0.15) is 0 Å². The molecule has 0 aliphatic carbocycles. The predicted octanol–water partition coefficient (Wildman–Crippen LogP) is 4.41. The summed E-state index contributed by atoms with van der Waals surface area (Å²) in [6.07, 6.45) is 1.14. The van der Waals surface area contributed by atoms with Crippen molar-refractivity contribution in [3.05, 3.63) is 62.6 Å². The van der Waals surface area contributed by atoms with E-state index in [1.54, 1.807) is 12.1 Å². The molecule has 2 aromatic rings. The van der Waals surface area contributed by atoms with Crippen LogP contribution in [0.1, 0.15) is 15.9 Å². The van der Waals surface area contributed by atoms with Crippen molar-refractivity contribution in [2.24, 2.45) is 0 Å².